The third-order valence-electron chi connectivity index (χ3n) is 7.18. The molecular weight excluding hydrogens is 492 g/mol. The zero-order chi connectivity index (χ0) is 25.4. The second-order valence-corrected chi connectivity index (χ2v) is 9.99. The second-order valence-electron chi connectivity index (χ2n) is 9.59. The van der Waals surface area contributed by atoms with E-state index in [-0.39, 0.29) is 40.6 Å². The van der Waals surface area contributed by atoms with E-state index in [1.165, 1.54) is 0 Å². The van der Waals surface area contributed by atoms with Crippen LogP contribution in [0.5, 0.6) is 0 Å². The third kappa shape index (κ3) is 4.94. The van der Waals surface area contributed by atoms with E-state index < -0.39 is 17.7 Å². The minimum atomic E-state index is -0.851. The number of rotatable bonds is 6. The largest absolute Gasteiger partial charge is 0.391 e. The van der Waals surface area contributed by atoms with E-state index in [0.717, 1.165) is 37.8 Å². The van der Waals surface area contributed by atoms with Gasteiger partial charge in [-0.2, -0.15) is 4.98 Å². The number of carbonyl (C=O) groups is 1. The highest BCUT2D eigenvalue weighted by molar-refractivity contribution is 6.33. The van der Waals surface area contributed by atoms with Crippen molar-refractivity contribution < 1.29 is 18.7 Å². The molecule has 192 valence electrons. The average Bonchev–Trinajstić information content (AvgIpc) is 3.20. The number of aliphatic hydroxyl groups excluding tert-OH is 1. The van der Waals surface area contributed by atoms with Crippen LogP contribution >= 0.6 is 11.6 Å². The van der Waals surface area contributed by atoms with E-state index in [2.05, 4.69) is 20.6 Å². The first-order chi connectivity index (χ1) is 17.3. The molecule has 2 saturated carbocycles. The Hall–Kier alpha value is -3.05. The molecule has 3 aromatic rings. The van der Waals surface area contributed by atoms with Gasteiger partial charge in [-0.25, -0.2) is 18.7 Å². The molecule has 0 bridgehead atoms. The quantitative estimate of drug-likeness (QED) is 0.379. The van der Waals surface area contributed by atoms with Crippen LogP contribution in [0.3, 0.4) is 0 Å². The number of hydrogen-bond acceptors (Lipinski definition) is 7. The summed E-state index contributed by atoms with van der Waals surface area (Å²) in [5.41, 5.74) is 6.40. The van der Waals surface area contributed by atoms with Gasteiger partial charge in [-0.05, 0) is 44.6 Å². The molecule has 0 aliphatic heterocycles. The monoisotopic (exact) mass is 519 g/mol. The molecule has 0 unspecified atom stereocenters. The number of nitrogens with zero attached hydrogens (tertiary/aromatic N) is 4. The first kappa shape index (κ1) is 24.6. The van der Waals surface area contributed by atoms with E-state index in [0.29, 0.717) is 42.8 Å². The Morgan fingerprint density at radius 2 is 1.86 bits per heavy atom. The van der Waals surface area contributed by atoms with Crippen molar-refractivity contribution >= 4 is 46.3 Å². The fourth-order valence-electron chi connectivity index (χ4n) is 5.23. The second kappa shape index (κ2) is 10.1. The van der Waals surface area contributed by atoms with Crippen molar-refractivity contribution in [1.29, 1.82) is 0 Å². The molecule has 2 aromatic heterocycles. The van der Waals surface area contributed by atoms with E-state index >= 15 is 0 Å². The maximum atomic E-state index is 14.6. The number of aromatic nitrogens is 4. The fourth-order valence-corrected chi connectivity index (χ4v) is 5.47. The van der Waals surface area contributed by atoms with Crippen LogP contribution in [0.2, 0.25) is 5.02 Å². The summed E-state index contributed by atoms with van der Waals surface area (Å²) in [4.78, 5) is 25.3. The van der Waals surface area contributed by atoms with E-state index in [4.69, 9.17) is 22.3 Å². The summed E-state index contributed by atoms with van der Waals surface area (Å²) in [5.74, 6) is -1.51. The number of nitrogens with two attached hydrogens (primary N) is 1. The van der Waals surface area contributed by atoms with Gasteiger partial charge in [-0.15, -0.1) is 0 Å². The molecule has 0 spiro atoms. The van der Waals surface area contributed by atoms with Crippen molar-refractivity contribution in [3.63, 3.8) is 0 Å². The van der Waals surface area contributed by atoms with E-state index in [1.807, 2.05) is 4.57 Å². The van der Waals surface area contributed by atoms with Crippen molar-refractivity contribution in [3.8, 4) is 0 Å². The standard InChI is InChI=1S/C24H28ClF2N7O2/c25-15-9-13(26)10-16(27)20(15)32-24-31-18-11-29-23(30-17-3-1-2-4-19(17)35)33-22(18)34(24)14-7-5-12(6-8-14)21(28)36/h9-12,14,17,19,35H,1-8H2,(H2,28,36)(H,31,32)(H,29,30,33)/t12-,14-,17-,19-/m1/s1. The fraction of sp³-hybridized carbons (Fsp3) is 0.500. The third-order valence-corrected chi connectivity index (χ3v) is 7.48. The van der Waals surface area contributed by atoms with Crippen molar-refractivity contribution in [2.45, 2.75) is 69.6 Å². The molecule has 1 aromatic carbocycles. The molecule has 2 aliphatic rings. The van der Waals surface area contributed by atoms with Crippen LogP contribution in [0.4, 0.5) is 26.4 Å². The minimum absolute atomic E-state index is 0.0987. The van der Waals surface area contributed by atoms with Crippen molar-refractivity contribution in [2.75, 3.05) is 10.6 Å². The maximum absolute atomic E-state index is 14.6. The Morgan fingerprint density at radius 1 is 1.11 bits per heavy atom. The molecule has 2 aliphatic carbocycles. The lowest BCUT2D eigenvalue weighted by molar-refractivity contribution is -0.122. The van der Waals surface area contributed by atoms with Gasteiger partial charge in [-0.3, -0.25) is 9.36 Å². The van der Waals surface area contributed by atoms with Crippen LogP contribution in [0.15, 0.2) is 18.3 Å². The highest BCUT2D eigenvalue weighted by atomic mass is 35.5. The van der Waals surface area contributed by atoms with Gasteiger partial charge >= 0.3 is 0 Å². The topological polar surface area (TPSA) is 131 Å². The lowest BCUT2D eigenvalue weighted by Crippen LogP contribution is -2.36. The zero-order valence-corrected chi connectivity index (χ0v) is 20.3. The van der Waals surface area contributed by atoms with Gasteiger partial charge in [0.05, 0.1) is 29.1 Å². The highest BCUT2D eigenvalue weighted by Crippen LogP contribution is 2.38. The Balaban J connectivity index is 1.53. The smallest absolute Gasteiger partial charge is 0.225 e. The summed E-state index contributed by atoms with van der Waals surface area (Å²) in [5, 5.41) is 16.4. The van der Waals surface area contributed by atoms with Gasteiger partial charge in [0.1, 0.15) is 11.3 Å². The van der Waals surface area contributed by atoms with Gasteiger partial charge in [0.2, 0.25) is 17.8 Å². The number of primary amides is 1. The van der Waals surface area contributed by atoms with Crippen molar-refractivity contribution in [3.05, 3.63) is 35.0 Å². The summed E-state index contributed by atoms with van der Waals surface area (Å²) < 4.78 is 30.0. The molecule has 9 nitrogen and oxygen atoms in total. The number of imidazole rings is 1. The molecule has 5 rings (SSSR count). The number of fused-ring (bicyclic) bond motifs is 1. The zero-order valence-electron chi connectivity index (χ0n) is 19.6. The predicted molar refractivity (Wildman–Crippen MR) is 132 cm³/mol. The number of amides is 1. The van der Waals surface area contributed by atoms with Crippen LogP contribution in [-0.2, 0) is 4.79 Å². The normalized spacial score (nSPS) is 24.6. The lowest BCUT2D eigenvalue weighted by atomic mass is 9.85. The lowest BCUT2D eigenvalue weighted by Gasteiger charge is -2.29. The number of benzene rings is 1. The maximum Gasteiger partial charge on any atom is 0.225 e. The molecule has 12 heteroatoms. The van der Waals surface area contributed by atoms with Crippen molar-refractivity contribution in [1.82, 2.24) is 19.5 Å². The number of carbonyl (C=O) groups excluding carboxylic acids is 1. The number of anilines is 3. The first-order valence-corrected chi connectivity index (χ1v) is 12.6. The minimum Gasteiger partial charge on any atom is -0.391 e. The summed E-state index contributed by atoms with van der Waals surface area (Å²) in [7, 11) is 0. The Morgan fingerprint density at radius 3 is 2.56 bits per heavy atom. The van der Waals surface area contributed by atoms with Crippen molar-refractivity contribution in [2.24, 2.45) is 11.7 Å². The Labute approximate surface area is 211 Å². The summed E-state index contributed by atoms with van der Waals surface area (Å²) >= 11 is 6.13. The molecule has 0 saturated heterocycles. The molecule has 2 fully saturated rings. The molecule has 36 heavy (non-hydrogen) atoms. The van der Waals surface area contributed by atoms with Crippen LogP contribution in [-0.4, -0.2) is 42.7 Å². The average molecular weight is 520 g/mol. The number of hydrogen-bond donors (Lipinski definition) is 4. The van der Waals surface area contributed by atoms with Crippen LogP contribution in [0.1, 0.15) is 57.4 Å². The van der Waals surface area contributed by atoms with Gasteiger partial charge in [-0.1, -0.05) is 24.4 Å². The molecule has 2 heterocycles. The van der Waals surface area contributed by atoms with Crippen LogP contribution in [0.25, 0.3) is 11.2 Å². The molecule has 1 amide bonds. The Kier molecular flexibility index (Phi) is 6.94. The molecule has 0 radical (unpaired) electrons. The van der Waals surface area contributed by atoms with Crippen LogP contribution in [0, 0.1) is 17.6 Å². The molecule has 5 N–H and O–H groups in total. The number of nitrogens with one attached hydrogen (secondary N) is 2. The number of aliphatic hydroxyl groups is 1. The van der Waals surface area contributed by atoms with Crippen LogP contribution < -0.4 is 16.4 Å². The molecule has 2 atom stereocenters. The molecular formula is C24H28ClF2N7O2. The summed E-state index contributed by atoms with van der Waals surface area (Å²) in [6.45, 7) is 0. The van der Waals surface area contributed by atoms with Gasteiger partial charge in [0.25, 0.3) is 0 Å². The van der Waals surface area contributed by atoms with E-state index in [1.54, 1.807) is 6.20 Å². The summed E-state index contributed by atoms with van der Waals surface area (Å²) in [6, 6.07) is 1.52. The number of halogens is 3. The predicted octanol–water partition coefficient (Wildman–Crippen LogP) is 4.43. The SMILES string of the molecule is NC(=O)[C@H]1CC[C@H](n2c(Nc3c(F)cc(F)cc3Cl)nc3cnc(N[C@@H]4CCCC[C@H]4O)nc32)CC1. The Bertz CT molecular complexity index is 1260. The summed E-state index contributed by atoms with van der Waals surface area (Å²) in [6.07, 6.45) is 7.11. The van der Waals surface area contributed by atoms with E-state index in [9.17, 15) is 18.7 Å². The first-order valence-electron chi connectivity index (χ1n) is 12.2. The van der Waals surface area contributed by atoms with Gasteiger partial charge < -0.3 is 21.5 Å². The highest BCUT2D eigenvalue weighted by Gasteiger charge is 2.30. The van der Waals surface area contributed by atoms with Gasteiger partial charge in [0, 0.05) is 18.0 Å². The van der Waals surface area contributed by atoms with Gasteiger partial charge in [0.15, 0.2) is 11.5 Å².